The van der Waals surface area contributed by atoms with Crippen molar-refractivity contribution in [1.29, 1.82) is 0 Å². The van der Waals surface area contributed by atoms with Gasteiger partial charge in [-0.1, -0.05) is 19.8 Å². The Labute approximate surface area is 111 Å². The minimum absolute atomic E-state index is 0.0847. The maximum atomic E-state index is 11.5. The highest BCUT2D eigenvalue weighted by molar-refractivity contribution is 5.95. The molecule has 1 aliphatic rings. The Hall–Kier alpha value is -1.63. The van der Waals surface area contributed by atoms with Crippen LogP contribution >= 0.6 is 0 Å². The van der Waals surface area contributed by atoms with Crippen molar-refractivity contribution >= 4 is 17.9 Å². The third-order valence-electron chi connectivity index (χ3n) is 3.14. The summed E-state index contributed by atoms with van der Waals surface area (Å²) in [5, 5.41) is 13.2. The molecule has 0 aromatic carbocycles. The number of carboxylic acid groups (broad SMARTS) is 1. The van der Waals surface area contributed by atoms with Gasteiger partial charge in [-0.3, -0.25) is 10.1 Å². The van der Waals surface area contributed by atoms with Crippen LogP contribution in [0.1, 0.15) is 32.6 Å². The van der Waals surface area contributed by atoms with Gasteiger partial charge in [-0.15, -0.1) is 0 Å². The number of carboxylic acids is 1. The van der Waals surface area contributed by atoms with Gasteiger partial charge in [0.15, 0.2) is 0 Å². The Morgan fingerprint density at radius 3 is 2.53 bits per heavy atom. The van der Waals surface area contributed by atoms with E-state index in [4.69, 9.17) is 5.11 Å². The molecule has 19 heavy (non-hydrogen) atoms. The number of carbonyl (C=O) groups excluding carboxylic acids is 2. The first-order valence-electron chi connectivity index (χ1n) is 6.39. The molecule has 0 aromatic heterocycles. The average molecular weight is 272 g/mol. The van der Waals surface area contributed by atoms with E-state index in [0.29, 0.717) is 5.92 Å². The lowest BCUT2D eigenvalue weighted by Crippen LogP contribution is -2.48. The van der Waals surface area contributed by atoms with Crippen LogP contribution < -0.4 is 10.6 Å². The minimum atomic E-state index is -1.16. The summed E-state index contributed by atoms with van der Waals surface area (Å²) in [7, 11) is 0. The van der Waals surface area contributed by atoms with E-state index in [-0.39, 0.29) is 6.04 Å². The molecule has 3 amide bonds. The molecule has 1 fully saturated rings. The standard InChI is InChI=1S/C12H20N2O5/c1-8-4-2-3-5-9(8)13-12(18)14-10(15)6-19-7-11(16)17/h8-9H,2-7H2,1H3,(H,16,17)(H2,13,14,15,18). The monoisotopic (exact) mass is 272 g/mol. The zero-order valence-corrected chi connectivity index (χ0v) is 11.0. The van der Waals surface area contributed by atoms with Gasteiger partial charge in [-0.25, -0.2) is 9.59 Å². The lowest BCUT2D eigenvalue weighted by molar-refractivity contribution is -0.143. The number of rotatable bonds is 5. The van der Waals surface area contributed by atoms with Crippen molar-refractivity contribution in [2.75, 3.05) is 13.2 Å². The molecule has 1 rings (SSSR count). The van der Waals surface area contributed by atoms with E-state index < -0.39 is 31.1 Å². The summed E-state index contributed by atoms with van der Waals surface area (Å²) in [6.45, 7) is 1.07. The van der Waals surface area contributed by atoms with Crippen LogP contribution in [0.15, 0.2) is 0 Å². The zero-order valence-electron chi connectivity index (χ0n) is 11.0. The van der Waals surface area contributed by atoms with Crippen LogP contribution in [0.5, 0.6) is 0 Å². The average Bonchev–Trinajstić information content (AvgIpc) is 2.31. The first kappa shape index (κ1) is 15.4. The van der Waals surface area contributed by atoms with Crippen LogP contribution in [-0.2, 0) is 14.3 Å². The van der Waals surface area contributed by atoms with Crippen molar-refractivity contribution < 1.29 is 24.2 Å². The Balaban J connectivity index is 2.22. The van der Waals surface area contributed by atoms with Gasteiger partial charge in [0.1, 0.15) is 13.2 Å². The lowest BCUT2D eigenvalue weighted by Gasteiger charge is -2.29. The second-order valence-electron chi connectivity index (χ2n) is 4.78. The fourth-order valence-corrected chi connectivity index (χ4v) is 2.13. The van der Waals surface area contributed by atoms with Crippen molar-refractivity contribution in [3.05, 3.63) is 0 Å². The molecule has 0 spiro atoms. The SMILES string of the molecule is CC1CCCCC1NC(=O)NC(=O)COCC(=O)O. The molecule has 7 nitrogen and oxygen atoms in total. The van der Waals surface area contributed by atoms with Crippen LogP contribution in [0.3, 0.4) is 0 Å². The second kappa shape index (κ2) is 7.73. The first-order chi connectivity index (χ1) is 8.99. The highest BCUT2D eigenvalue weighted by atomic mass is 16.5. The predicted octanol–water partition coefficient (Wildman–Crippen LogP) is 0.492. The number of aliphatic carboxylic acids is 1. The Morgan fingerprint density at radius 2 is 1.89 bits per heavy atom. The van der Waals surface area contributed by atoms with Gasteiger partial charge in [-0.2, -0.15) is 0 Å². The summed E-state index contributed by atoms with van der Waals surface area (Å²) in [5.41, 5.74) is 0. The fourth-order valence-electron chi connectivity index (χ4n) is 2.13. The van der Waals surface area contributed by atoms with E-state index >= 15 is 0 Å². The largest absolute Gasteiger partial charge is 0.480 e. The topological polar surface area (TPSA) is 105 Å². The van der Waals surface area contributed by atoms with Crippen LogP contribution in [0.25, 0.3) is 0 Å². The van der Waals surface area contributed by atoms with E-state index in [1.165, 1.54) is 6.42 Å². The third kappa shape index (κ3) is 6.19. The third-order valence-corrected chi connectivity index (χ3v) is 3.14. The van der Waals surface area contributed by atoms with E-state index in [9.17, 15) is 14.4 Å². The summed E-state index contributed by atoms with van der Waals surface area (Å²) < 4.78 is 4.58. The van der Waals surface area contributed by atoms with Crippen LogP contribution in [0.4, 0.5) is 4.79 Å². The highest BCUT2D eigenvalue weighted by Crippen LogP contribution is 2.23. The Kier molecular flexibility index (Phi) is 6.27. The summed E-state index contributed by atoms with van der Waals surface area (Å²) >= 11 is 0. The number of carbonyl (C=O) groups is 3. The Morgan fingerprint density at radius 1 is 1.21 bits per heavy atom. The normalized spacial score (nSPS) is 22.6. The fraction of sp³-hybridized carbons (Fsp3) is 0.750. The van der Waals surface area contributed by atoms with Crippen molar-refractivity contribution in [1.82, 2.24) is 10.6 Å². The number of ether oxygens (including phenoxy) is 1. The van der Waals surface area contributed by atoms with Gasteiger partial charge in [0.05, 0.1) is 0 Å². The van der Waals surface area contributed by atoms with Gasteiger partial charge in [0.2, 0.25) is 0 Å². The van der Waals surface area contributed by atoms with Crippen molar-refractivity contribution in [2.45, 2.75) is 38.6 Å². The molecule has 2 unspecified atom stereocenters. The van der Waals surface area contributed by atoms with Crippen LogP contribution in [0, 0.1) is 5.92 Å². The van der Waals surface area contributed by atoms with E-state index in [1.54, 1.807) is 0 Å². The lowest BCUT2D eigenvalue weighted by atomic mass is 9.86. The van der Waals surface area contributed by atoms with Gasteiger partial charge < -0.3 is 15.2 Å². The Bertz CT molecular complexity index is 345. The second-order valence-corrected chi connectivity index (χ2v) is 4.78. The number of imide groups is 1. The quantitative estimate of drug-likeness (QED) is 0.675. The predicted molar refractivity (Wildman–Crippen MR) is 66.5 cm³/mol. The molecule has 0 saturated heterocycles. The molecular formula is C12H20N2O5. The zero-order chi connectivity index (χ0) is 14.3. The molecule has 3 N–H and O–H groups in total. The molecule has 0 aromatic rings. The smallest absolute Gasteiger partial charge is 0.329 e. The number of urea groups is 1. The van der Waals surface area contributed by atoms with Gasteiger partial charge in [0.25, 0.3) is 5.91 Å². The van der Waals surface area contributed by atoms with Crippen LogP contribution in [0.2, 0.25) is 0 Å². The molecule has 2 atom stereocenters. The van der Waals surface area contributed by atoms with Gasteiger partial charge >= 0.3 is 12.0 Å². The minimum Gasteiger partial charge on any atom is -0.480 e. The number of hydrogen-bond donors (Lipinski definition) is 3. The van der Waals surface area contributed by atoms with Crippen LogP contribution in [-0.4, -0.2) is 42.3 Å². The van der Waals surface area contributed by atoms with Gasteiger partial charge in [0, 0.05) is 6.04 Å². The van der Waals surface area contributed by atoms with E-state index in [1.807, 2.05) is 0 Å². The number of hydrogen-bond acceptors (Lipinski definition) is 4. The maximum absolute atomic E-state index is 11.5. The molecular weight excluding hydrogens is 252 g/mol. The molecule has 0 heterocycles. The highest BCUT2D eigenvalue weighted by Gasteiger charge is 2.23. The van der Waals surface area contributed by atoms with Crippen molar-refractivity contribution in [3.8, 4) is 0 Å². The van der Waals surface area contributed by atoms with Gasteiger partial charge in [-0.05, 0) is 18.8 Å². The summed E-state index contributed by atoms with van der Waals surface area (Å²) in [4.78, 5) is 33.0. The van der Waals surface area contributed by atoms with E-state index in [2.05, 4.69) is 22.3 Å². The summed E-state index contributed by atoms with van der Waals surface area (Å²) in [6, 6.07) is -0.468. The first-order valence-corrected chi connectivity index (χ1v) is 6.39. The molecule has 1 saturated carbocycles. The molecule has 7 heteroatoms. The summed E-state index contributed by atoms with van der Waals surface area (Å²) in [5.74, 6) is -1.41. The van der Waals surface area contributed by atoms with Crippen molar-refractivity contribution in [2.24, 2.45) is 5.92 Å². The maximum Gasteiger partial charge on any atom is 0.329 e. The molecule has 0 bridgehead atoms. The number of amides is 3. The molecule has 0 aliphatic heterocycles. The van der Waals surface area contributed by atoms with Crippen molar-refractivity contribution in [3.63, 3.8) is 0 Å². The summed E-state index contributed by atoms with van der Waals surface area (Å²) in [6.07, 6.45) is 4.23. The molecule has 108 valence electrons. The molecule has 0 radical (unpaired) electrons. The number of nitrogens with one attached hydrogen (secondary N) is 2. The van der Waals surface area contributed by atoms with E-state index in [0.717, 1.165) is 19.3 Å². The molecule has 1 aliphatic carbocycles.